The fourth-order valence-corrected chi connectivity index (χ4v) is 3.36. The molecule has 0 radical (unpaired) electrons. The molecule has 1 saturated carbocycles. The third kappa shape index (κ3) is 3.78. The van der Waals surface area contributed by atoms with Crippen molar-refractivity contribution in [3.05, 3.63) is 23.0 Å². The van der Waals surface area contributed by atoms with Crippen molar-refractivity contribution < 1.29 is 4.79 Å². The summed E-state index contributed by atoms with van der Waals surface area (Å²) in [6.07, 6.45) is 6.56. The molecule has 1 aromatic heterocycles. The first-order chi connectivity index (χ1) is 9.61. The summed E-state index contributed by atoms with van der Waals surface area (Å²) in [5.41, 5.74) is 2.22. The maximum atomic E-state index is 12.5. The van der Waals surface area contributed by atoms with Gasteiger partial charge in [0.2, 0.25) is 0 Å². The number of hydrogen-bond acceptors (Lipinski definition) is 3. The number of amides is 1. The molecule has 1 aromatic rings. The van der Waals surface area contributed by atoms with E-state index in [9.17, 15) is 4.79 Å². The van der Waals surface area contributed by atoms with Gasteiger partial charge in [-0.3, -0.25) is 4.79 Å². The summed E-state index contributed by atoms with van der Waals surface area (Å²) >= 11 is 3.71. The van der Waals surface area contributed by atoms with Crippen molar-refractivity contribution in [2.75, 3.05) is 0 Å². The van der Waals surface area contributed by atoms with Crippen LogP contribution in [0.1, 0.15) is 60.8 Å². The Bertz CT molecular complexity index is 478. The molecule has 0 aliphatic heterocycles. The summed E-state index contributed by atoms with van der Waals surface area (Å²) in [7, 11) is 0. The molecule has 1 amide bonds. The Hall–Kier alpha value is -0.970. The lowest BCUT2D eigenvalue weighted by molar-refractivity contribution is 0.0933. The maximum absolute atomic E-state index is 12.5. The summed E-state index contributed by atoms with van der Waals surface area (Å²) in [6, 6.07) is 2.05. The van der Waals surface area contributed by atoms with Crippen molar-refractivity contribution in [2.24, 2.45) is 0 Å². The van der Waals surface area contributed by atoms with Crippen LogP contribution in [0.3, 0.4) is 0 Å². The van der Waals surface area contributed by atoms with E-state index < -0.39 is 0 Å². The zero-order valence-electron chi connectivity index (χ0n) is 12.2. The Morgan fingerprint density at radius 1 is 1.35 bits per heavy atom. The van der Waals surface area contributed by atoms with Crippen LogP contribution in [-0.2, 0) is 6.42 Å². The van der Waals surface area contributed by atoms with Crippen LogP contribution in [0.25, 0.3) is 0 Å². The maximum Gasteiger partial charge on any atom is 0.253 e. The van der Waals surface area contributed by atoms with E-state index in [2.05, 4.69) is 31.4 Å². The summed E-state index contributed by atoms with van der Waals surface area (Å²) < 4.78 is 0. The number of aryl methyl sites for hydroxylation is 2. The van der Waals surface area contributed by atoms with Gasteiger partial charge in [0.15, 0.2) is 0 Å². The van der Waals surface area contributed by atoms with Crippen molar-refractivity contribution in [2.45, 2.75) is 63.2 Å². The first-order valence-electron chi connectivity index (χ1n) is 7.40. The standard InChI is InChI=1S/C15H22BrN3O/c1-3-13-11(9-10(2)18-19-13)15(20)17-14-8-6-4-5-7-12(14)16/h9,12,14H,3-8H2,1-2H3,(H,17,20). The van der Waals surface area contributed by atoms with Gasteiger partial charge in [0.05, 0.1) is 17.0 Å². The highest BCUT2D eigenvalue weighted by molar-refractivity contribution is 9.09. The molecule has 20 heavy (non-hydrogen) atoms. The van der Waals surface area contributed by atoms with E-state index in [1.807, 2.05) is 19.9 Å². The highest BCUT2D eigenvalue weighted by Gasteiger charge is 2.24. The van der Waals surface area contributed by atoms with Crippen molar-refractivity contribution >= 4 is 21.8 Å². The van der Waals surface area contributed by atoms with Crippen LogP contribution in [0.5, 0.6) is 0 Å². The number of aromatic nitrogens is 2. The number of carbonyl (C=O) groups excluding carboxylic acids is 1. The molecule has 0 spiro atoms. The number of halogens is 1. The third-order valence-electron chi connectivity index (χ3n) is 3.82. The molecule has 0 aromatic carbocycles. The van der Waals surface area contributed by atoms with E-state index in [1.54, 1.807) is 0 Å². The number of carbonyl (C=O) groups is 1. The van der Waals surface area contributed by atoms with Crippen molar-refractivity contribution in [1.82, 2.24) is 15.5 Å². The molecule has 1 N–H and O–H groups in total. The molecule has 1 heterocycles. The number of alkyl halides is 1. The summed E-state index contributed by atoms with van der Waals surface area (Å²) in [5.74, 6) is -0.0174. The van der Waals surface area contributed by atoms with Gasteiger partial charge in [0.1, 0.15) is 0 Å². The van der Waals surface area contributed by atoms with Gasteiger partial charge in [-0.05, 0) is 32.3 Å². The second-order valence-electron chi connectivity index (χ2n) is 5.43. The van der Waals surface area contributed by atoms with Crippen LogP contribution in [-0.4, -0.2) is 27.0 Å². The van der Waals surface area contributed by atoms with Crippen molar-refractivity contribution in [1.29, 1.82) is 0 Å². The zero-order valence-corrected chi connectivity index (χ0v) is 13.7. The van der Waals surface area contributed by atoms with E-state index in [1.165, 1.54) is 19.3 Å². The Balaban J connectivity index is 2.12. The van der Waals surface area contributed by atoms with Gasteiger partial charge in [-0.15, -0.1) is 0 Å². The number of nitrogens with zero attached hydrogens (tertiary/aromatic N) is 2. The SMILES string of the molecule is CCc1nnc(C)cc1C(=O)NC1CCCCCC1Br. The van der Waals surface area contributed by atoms with Gasteiger partial charge in [-0.2, -0.15) is 10.2 Å². The van der Waals surface area contributed by atoms with E-state index in [0.717, 1.165) is 30.7 Å². The summed E-state index contributed by atoms with van der Waals surface area (Å²) in [4.78, 5) is 12.9. The molecule has 2 rings (SSSR count). The van der Waals surface area contributed by atoms with Crippen LogP contribution >= 0.6 is 15.9 Å². The van der Waals surface area contributed by atoms with E-state index in [4.69, 9.17) is 0 Å². The molecule has 1 aliphatic carbocycles. The van der Waals surface area contributed by atoms with Gasteiger partial charge in [-0.25, -0.2) is 0 Å². The molecule has 0 bridgehead atoms. The van der Waals surface area contributed by atoms with Crippen LogP contribution in [0.4, 0.5) is 0 Å². The minimum atomic E-state index is -0.0174. The predicted molar refractivity (Wildman–Crippen MR) is 83.2 cm³/mol. The Morgan fingerprint density at radius 2 is 2.10 bits per heavy atom. The van der Waals surface area contributed by atoms with E-state index >= 15 is 0 Å². The smallest absolute Gasteiger partial charge is 0.253 e. The van der Waals surface area contributed by atoms with Crippen LogP contribution in [0.15, 0.2) is 6.07 Å². The molecule has 110 valence electrons. The average molecular weight is 340 g/mol. The second kappa shape index (κ2) is 7.16. The Kier molecular flexibility index (Phi) is 5.52. The molecular weight excluding hydrogens is 318 g/mol. The summed E-state index contributed by atoms with van der Waals surface area (Å²) in [6.45, 7) is 3.86. The topological polar surface area (TPSA) is 54.9 Å². The molecule has 2 atom stereocenters. The highest BCUT2D eigenvalue weighted by atomic mass is 79.9. The summed E-state index contributed by atoms with van der Waals surface area (Å²) in [5, 5.41) is 11.3. The fraction of sp³-hybridized carbons (Fsp3) is 0.667. The molecule has 5 heteroatoms. The van der Waals surface area contributed by atoms with Gasteiger partial charge in [-0.1, -0.05) is 42.1 Å². The minimum absolute atomic E-state index is 0.0174. The minimum Gasteiger partial charge on any atom is -0.348 e. The molecule has 1 aliphatic rings. The average Bonchev–Trinajstić information content (AvgIpc) is 2.64. The van der Waals surface area contributed by atoms with Crippen LogP contribution in [0.2, 0.25) is 0 Å². The first kappa shape index (κ1) is 15.4. The molecule has 0 saturated heterocycles. The molecule has 4 nitrogen and oxygen atoms in total. The quantitative estimate of drug-likeness (QED) is 0.679. The van der Waals surface area contributed by atoms with E-state index in [-0.39, 0.29) is 11.9 Å². The molecule has 2 unspecified atom stereocenters. The lowest BCUT2D eigenvalue weighted by Gasteiger charge is -2.22. The van der Waals surface area contributed by atoms with Crippen LogP contribution < -0.4 is 5.32 Å². The van der Waals surface area contributed by atoms with Gasteiger partial charge in [0, 0.05) is 10.9 Å². The normalized spacial score (nSPS) is 23.1. The molecule has 1 fully saturated rings. The third-order valence-corrected chi connectivity index (χ3v) is 4.92. The lowest BCUT2D eigenvalue weighted by Crippen LogP contribution is -2.40. The van der Waals surface area contributed by atoms with Crippen LogP contribution in [0, 0.1) is 6.92 Å². The number of rotatable bonds is 3. The Labute approximate surface area is 128 Å². The number of hydrogen-bond donors (Lipinski definition) is 1. The largest absolute Gasteiger partial charge is 0.348 e. The highest BCUT2D eigenvalue weighted by Crippen LogP contribution is 2.24. The van der Waals surface area contributed by atoms with Gasteiger partial charge in [0.25, 0.3) is 5.91 Å². The predicted octanol–water partition coefficient (Wildman–Crippen LogP) is 3.17. The monoisotopic (exact) mass is 339 g/mol. The Morgan fingerprint density at radius 3 is 2.85 bits per heavy atom. The van der Waals surface area contributed by atoms with Crippen molar-refractivity contribution in [3.8, 4) is 0 Å². The van der Waals surface area contributed by atoms with E-state index in [0.29, 0.717) is 10.4 Å². The second-order valence-corrected chi connectivity index (χ2v) is 6.61. The zero-order chi connectivity index (χ0) is 14.5. The fourth-order valence-electron chi connectivity index (χ4n) is 2.64. The first-order valence-corrected chi connectivity index (χ1v) is 8.31. The van der Waals surface area contributed by atoms with Gasteiger partial charge >= 0.3 is 0 Å². The number of nitrogens with one attached hydrogen (secondary N) is 1. The van der Waals surface area contributed by atoms with Crippen molar-refractivity contribution in [3.63, 3.8) is 0 Å². The molecular formula is C15H22BrN3O. The van der Waals surface area contributed by atoms with Gasteiger partial charge < -0.3 is 5.32 Å². The lowest BCUT2D eigenvalue weighted by atomic mass is 10.1.